The normalized spacial score (nSPS) is 12.4. The fourth-order valence-corrected chi connectivity index (χ4v) is 1.62. The zero-order valence-electron chi connectivity index (χ0n) is 9.53. The Morgan fingerprint density at radius 1 is 1.33 bits per heavy atom. The van der Waals surface area contributed by atoms with Gasteiger partial charge in [-0.1, -0.05) is 15.9 Å². The first kappa shape index (κ1) is 15.3. The molecular weight excluding hydrogens is 334 g/mol. The van der Waals surface area contributed by atoms with Crippen LogP contribution in [0.15, 0.2) is 22.7 Å². The van der Waals surface area contributed by atoms with E-state index in [1.165, 1.54) is 26.0 Å². The number of hydrogen-bond acceptors (Lipinski definition) is 1. The van der Waals surface area contributed by atoms with Gasteiger partial charge in [0.2, 0.25) is 5.91 Å². The van der Waals surface area contributed by atoms with Gasteiger partial charge in [-0.3, -0.25) is 4.79 Å². The zero-order chi connectivity index (χ0) is 14.1. The fourth-order valence-electron chi connectivity index (χ4n) is 1.10. The van der Waals surface area contributed by atoms with Crippen LogP contribution >= 0.6 is 27.5 Å². The molecule has 0 spiro atoms. The average molecular weight is 345 g/mol. The van der Waals surface area contributed by atoms with Crippen molar-refractivity contribution < 1.29 is 18.0 Å². The van der Waals surface area contributed by atoms with Gasteiger partial charge in [0, 0.05) is 10.2 Å². The van der Waals surface area contributed by atoms with Crippen LogP contribution in [0.1, 0.15) is 19.4 Å². The Morgan fingerprint density at radius 2 is 1.89 bits per heavy atom. The SMILES string of the molecule is CC(C)(Cl)C(=O)Nc1ccc(Br)c(C(F)(F)F)c1. The number of alkyl halides is 4. The van der Waals surface area contributed by atoms with Crippen molar-refractivity contribution >= 4 is 39.1 Å². The lowest BCUT2D eigenvalue weighted by molar-refractivity contribution is -0.138. The van der Waals surface area contributed by atoms with Gasteiger partial charge in [-0.05, 0) is 32.0 Å². The van der Waals surface area contributed by atoms with Crippen LogP contribution in [0.5, 0.6) is 0 Å². The molecule has 100 valence electrons. The van der Waals surface area contributed by atoms with Crippen molar-refractivity contribution in [3.8, 4) is 0 Å². The highest BCUT2D eigenvalue weighted by molar-refractivity contribution is 9.10. The Bertz CT molecular complexity index is 468. The van der Waals surface area contributed by atoms with Gasteiger partial charge in [-0.25, -0.2) is 0 Å². The van der Waals surface area contributed by atoms with Crippen LogP contribution in [-0.2, 0) is 11.0 Å². The van der Waals surface area contributed by atoms with E-state index in [4.69, 9.17) is 11.6 Å². The first-order chi connectivity index (χ1) is 8.01. The molecule has 1 N–H and O–H groups in total. The topological polar surface area (TPSA) is 29.1 Å². The Balaban J connectivity index is 3.04. The molecule has 1 aromatic carbocycles. The number of rotatable bonds is 2. The molecule has 0 unspecified atom stereocenters. The van der Waals surface area contributed by atoms with Crippen LogP contribution in [-0.4, -0.2) is 10.8 Å². The molecule has 0 atom stereocenters. The molecule has 18 heavy (non-hydrogen) atoms. The van der Waals surface area contributed by atoms with E-state index in [1.807, 2.05) is 0 Å². The predicted molar refractivity (Wildman–Crippen MR) is 67.7 cm³/mol. The third kappa shape index (κ3) is 3.88. The highest BCUT2D eigenvalue weighted by Crippen LogP contribution is 2.36. The van der Waals surface area contributed by atoms with E-state index >= 15 is 0 Å². The number of benzene rings is 1. The molecule has 0 aliphatic carbocycles. The second kappa shape index (κ2) is 5.09. The molecular formula is C11H10BrClF3NO. The minimum absolute atomic E-state index is 0.0456. The van der Waals surface area contributed by atoms with E-state index in [9.17, 15) is 18.0 Å². The van der Waals surface area contributed by atoms with Crippen LogP contribution < -0.4 is 5.32 Å². The maximum atomic E-state index is 12.6. The summed E-state index contributed by atoms with van der Waals surface area (Å²) >= 11 is 8.56. The summed E-state index contributed by atoms with van der Waals surface area (Å²) < 4.78 is 37.8. The first-order valence-electron chi connectivity index (χ1n) is 4.89. The Kier molecular flexibility index (Phi) is 4.33. The van der Waals surface area contributed by atoms with E-state index in [-0.39, 0.29) is 10.2 Å². The number of carbonyl (C=O) groups is 1. The van der Waals surface area contributed by atoms with Gasteiger partial charge in [0.1, 0.15) is 4.87 Å². The molecule has 0 bridgehead atoms. The smallest absolute Gasteiger partial charge is 0.325 e. The molecule has 0 aliphatic heterocycles. The van der Waals surface area contributed by atoms with Crippen LogP contribution in [0, 0.1) is 0 Å². The summed E-state index contributed by atoms with van der Waals surface area (Å²) in [6.45, 7) is 2.90. The summed E-state index contributed by atoms with van der Waals surface area (Å²) in [7, 11) is 0. The number of amides is 1. The second-order valence-corrected chi connectivity index (χ2v) is 5.92. The van der Waals surface area contributed by atoms with E-state index in [2.05, 4.69) is 21.2 Å². The van der Waals surface area contributed by atoms with E-state index in [1.54, 1.807) is 0 Å². The largest absolute Gasteiger partial charge is 0.417 e. The Hall–Kier alpha value is -0.750. The van der Waals surface area contributed by atoms with Crippen molar-refractivity contribution in [2.75, 3.05) is 5.32 Å². The summed E-state index contributed by atoms with van der Waals surface area (Å²) in [6.07, 6.45) is -4.49. The fraction of sp³-hybridized carbons (Fsp3) is 0.364. The van der Waals surface area contributed by atoms with Crippen LogP contribution in [0.3, 0.4) is 0 Å². The zero-order valence-corrected chi connectivity index (χ0v) is 11.9. The van der Waals surface area contributed by atoms with E-state index < -0.39 is 22.5 Å². The van der Waals surface area contributed by atoms with Crippen LogP contribution in [0.4, 0.5) is 18.9 Å². The van der Waals surface area contributed by atoms with Gasteiger partial charge in [-0.2, -0.15) is 13.2 Å². The summed E-state index contributed by atoms with van der Waals surface area (Å²) in [5.74, 6) is -0.570. The number of nitrogens with one attached hydrogen (secondary N) is 1. The molecule has 0 radical (unpaired) electrons. The molecule has 1 aromatic rings. The molecule has 7 heteroatoms. The molecule has 0 fully saturated rings. The lowest BCUT2D eigenvalue weighted by Gasteiger charge is -2.17. The number of anilines is 1. The highest BCUT2D eigenvalue weighted by atomic mass is 79.9. The minimum Gasteiger partial charge on any atom is -0.325 e. The molecule has 1 amide bonds. The van der Waals surface area contributed by atoms with Crippen molar-refractivity contribution in [2.24, 2.45) is 0 Å². The van der Waals surface area contributed by atoms with Crippen LogP contribution in [0.25, 0.3) is 0 Å². The van der Waals surface area contributed by atoms with Crippen LogP contribution in [0.2, 0.25) is 0 Å². The second-order valence-electron chi connectivity index (χ2n) is 4.12. The number of halogens is 5. The quantitative estimate of drug-likeness (QED) is 0.790. The third-order valence-corrected chi connectivity index (χ3v) is 2.93. The van der Waals surface area contributed by atoms with E-state index in [0.29, 0.717) is 0 Å². The van der Waals surface area contributed by atoms with Gasteiger partial charge in [-0.15, -0.1) is 11.6 Å². The molecule has 0 aliphatic rings. The molecule has 2 nitrogen and oxygen atoms in total. The van der Waals surface area contributed by atoms with E-state index in [0.717, 1.165) is 6.07 Å². The van der Waals surface area contributed by atoms with Crippen molar-refractivity contribution in [2.45, 2.75) is 24.9 Å². The Morgan fingerprint density at radius 3 is 2.33 bits per heavy atom. The minimum atomic E-state index is -4.49. The molecule has 0 aromatic heterocycles. The standard InChI is InChI=1S/C11H10BrClF3NO/c1-10(2,13)9(18)17-6-3-4-8(12)7(5-6)11(14,15)16/h3-5H,1-2H3,(H,17,18). The van der Waals surface area contributed by atoms with Gasteiger partial charge < -0.3 is 5.32 Å². The van der Waals surface area contributed by atoms with Gasteiger partial charge in [0.15, 0.2) is 0 Å². The van der Waals surface area contributed by atoms with Crippen molar-refractivity contribution in [1.82, 2.24) is 0 Å². The third-order valence-electron chi connectivity index (χ3n) is 2.07. The summed E-state index contributed by atoms with van der Waals surface area (Å²) in [5.41, 5.74) is -0.808. The maximum absolute atomic E-state index is 12.6. The molecule has 1 rings (SSSR count). The lowest BCUT2D eigenvalue weighted by atomic mass is 10.1. The highest BCUT2D eigenvalue weighted by Gasteiger charge is 2.33. The first-order valence-corrected chi connectivity index (χ1v) is 6.06. The average Bonchev–Trinajstić information content (AvgIpc) is 2.17. The molecule has 0 heterocycles. The van der Waals surface area contributed by atoms with Crippen molar-refractivity contribution in [3.05, 3.63) is 28.2 Å². The number of carbonyl (C=O) groups excluding carboxylic acids is 1. The summed E-state index contributed by atoms with van der Waals surface area (Å²) in [4.78, 5) is 10.4. The van der Waals surface area contributed by atoms with Gasteiger partial charge in [0.05, 0.1) is 5.56 Å². The number of hydrogen-bond donors (Lipinski definition) is 1. The monoisotopic (exact) mass is 343 g/mol. The Labute approximate surface area is 116 Å². The lowest BCUT2D eigenvalue weighted by Crippen LogP contribution is -2.31. The van der Waals surface area contributed by atoms with Gasteiger partial charge >= 0.3 is 6.18 Å². The summed E-state index contributed by atoms with van der Waals surface area (Å²) in [6, 6.07) is 3.43. The van der Waals surface area contributed by atoms with Gasteiger partial charge in [0.25, 0.3) is 0 Å². The maximum Gasteiger partial charge on any atom is 0.417 e. The molecule has 0 saturated heterocycles. The predicted octanol–water partition coefficient (Wildman–Crippen LogP) is 4.42. The van der Waals surface area contributed by atoms with Crippen molar-refractivity contribution in [3.63, 3.8) is 0 Å². The summed E-state index contributed by atoms with van der Waals surface area (Å²) in [5, 5.41) is 2.33. The molecule has 0 saturated carbocycles. The van der Waals surface area contributed by atoms with Crippen molar-refractivity contribution in [1.29, 1.82) is 0 Å².